The van der Waals surface area contributed by atoms with E-state index in [-0.39, 0.29) is 12.5 Å². The first-order valence-corrected chi connectivity index (χ1v) is 6.28. The summed E-state index contributed by atoms with van der Waals surface area (Å²) in [6.07, 6.45) is 3.50. The van der Waals surface area contributed by atoms with Crippen molar-refractivity contribution in [2.75, 3.05) is 19.8 Å². The Bertz CT molecular complexity index is 343. The van der Waals surface area contributed by atoms with Gasteiger partial charge in [0.05, 0.1) is 5.41 Å². The summed E-state index contributed by atoms with van der Waals surface area (Å²) in [7, 11) is 0. The van der Waals surface area contributed by atoms with Crippen LogP contribution in [-0.2, 0) is 14.3 Å². The number of hydrogen-bond acceptors (Lipinski definition) is 3. The fourth-order valence-corrected chi connectivity index (χ4v) is 2.02. The Balaban J connectivity index is 2.61. The van der Waals surface area contributed by atoms with Crippen LogP contribution >= 0.6 is 0 Å². The lowest BCUT2D eigenvalue weighted by atomic mass is 9.80. The normalized spacial score (nSPS) is 19.3. The number of amides is 1. The quantitative estimate of drug-likeness (QED) is 0.727. The highest BCUT2D eigenvalue weighted by Gasteiger charge is 2.40. The Morgan fingerprint density at radius 2 is 2.00 bits per heavy atom. The number of aliphatic carboxylic acids is 1. The SMILES string of the molecule is CC/C=C(/C)C(=O)NCC1(C(=O)O)CCOCC1. The van der Waals surface area contributed by atoms with Crippen LogP contribution in [0.15, 0.2) is 11.6 Å². The topological polar surface area (TPSA) is 75.6 Å². The molecule has 1 saturated heterocycles. The van der Waals surface area contributed by atoms with E-state index in [2.05, 4.69) is 5.32 Å². The second-order valence-electron chi connectivity index (χ2n) is 4.68. The van der Waals surface area contributed by atoms with Gasteiger partial charge in [0.2, 0.25) is 5.91 Å². The summed E-state index contributed by atoms with van der Waals surface area (Å²) >= 11 is 0. The van der Waals surface area contributed by atoms with E-state index in [9.17, 15) is 14.7 Å². The molecule has 2 N–H and O–H groups in total. The number of carboxylic acids is 1. The molecule has 5 heteroatoms. The van der Waals surface area contributed by atoms with Gasteiger partial charge >= 0.3 is 5.97 Å². The Morgan fingerprint density at radius 1 is 1.39 bits per heavy atom. The first-order valence-electron chi connectivity index (χ1n) is 6.28. The second kappa shape index (κ2) is 6.54. The van der Waals surface area contributed by atoms with E-state index in [0.717, 1.165) is 6.42 Å². The maximum atomic E-state index is 11.7. The number of ether oxygens (including phenoxy) is 1. The standard InChI is InChI=1S/C13H21NO4/c1-3-4-10(2)11(15)14-9-13(12(16)17)5-7-18-8-6-13/h4H,3,5-9H2,1-2H3,(H,14,15)(H,16,17)/b10-4-. The summed E-state index contributed by atoms with van der Waals surface area (Å²) < 4.78 is 5.18. The number of carbonyl (C=O) groups is 2. The van der Waals surface area contributed by atoms with Crippen molar-refractivity contribution < 1.29 is 19.4 Å². The Morgan fingerprint density at radius 3 is 2.50 bits per heavy atom. The van der Waals surface area contributed by atoms with Crippen LogP contribution in [0.1, 0.15) is 33.1 Å². The number of rotatable bonds is 5. The van der Waals surface area contributed by atoms with Crippen LogP contribution in [0.2, 0.25) is 0 Å². The number of nitrogens with one attached hydrogen (secondary N) is 1. The molecule has 5 nitrogen and oxygen atoms in total. The second-order valence-corrected chi connectivity index (χ2v) is 4.68. The summed E-state index contributed by atoms with van der Waals surface area (Å²) in [6.45, 7) is 4.72. The summed E-state index contributed by atoms with van der Waals surface area (Å²) in [6, 6.07) is 0. The van der Waals surface area contributed by atoms with Crippen LogP contribution in [0.5, 0.6) is 0 Å². The molecule has 0 radical (unpaired) electrons. The van der Waals surface area contributed by atoms with E-state index in [1.807, 2.05) is 13.0 Å². The molecule has 1 heterocycles. The number of allylic oxidation sites excluding steroid dienone is 1. The van der Waals surface area contributed by atoms with Gasteiger partial charge in [-0.1, -0.05) is 13.0 Å². The predicted molar refractivity (Wildman–Crippen MR) is 67.2 cm³/mol. The van der Waals surface area contributed by atoms with Gasteiger partial charge in [0.25, 0.3) is 0 Å². The van der Waals surface area contributed by atoms with Gasteiger partial charge in [0.1, 0.15) is 0 Å². The highest BCUT2D eigenvalue weighted by molar-refractivity contribution is 5.93. The molecule has 1 rings (SSSR count). The zero-order valence-corrected chi connectivity index (χ0v) is 11.0. The molecular weight excluding hydrogens is 234 g/mol. The molecule has 0 aromatic heterocycles. The Labute approximate surface area is 107 Å². The van der Waals surface area contributed by atoms with Gasteiger partial charge in [0.15, 0.2) is 0 Å². The minimum atomic E-state index is -0.875. The van der Waals surface area contributed by atoms with E-state index < -0.39 is 11.4 Å². The number of hydrogen-bond donors (Lipinski definition) is 2. The lowest BCUT2D eigenvalue weighted by molar-refractivity contribution is -0.154. The van der Waals surface area contributed by atoms with Crippen LogP contribution in [0.25, 0.3) is 0 Å². The van der Waals surface area contributed by atoms with Crippen molar-refractivity contribution in [3.05, 3.63) is 11.6 Å². The lowest BCUT2D eigenvalue weighted by Gasteiger charge is -2.33. The molecule has 1 amide bonds. The van der Waals surface area contributed by atoms with E-state index in [0.29, 0.717) is 31.6 Å². The summed E-state index contributed by atoms with van der Waals surface area (Å²) in [5.41, 5.74) is -0.245. The fourth-order valence-electron chi connectivity index (χ4n) is 2.02. The number of carbonyl (C=O) groups excluding carboxylic acids is 1. The summed E-state index contributed by atoms with van der Waals surface area (Å²) in [5, 5.41) is 12.0. The smallest absolute Gasteiger partial charge is 0.311 e. The lowest BCUT2D eigenvalue weighted by Crippen LogP contribution is -2.46. The molecule has 102 valence electrons. The molecule has 0 unspecified atom stereocenters. The average molecular weight is 255 g/mol. The van der Waals surface area contributed by atoms with Gasteiger partial charge in [-0.3, -0.25) is 9.59 Å². The zero-order chi connectivity index (χ0) is 13.6. The molecule has 0 aliphatic carbocycles. The molecule has 0 bridgehead atoms. The van der Waals surface area contributed by atoms with Gasteiger partial charge in [0, 0.05) is 25.3 Å². The van der Waals surface area contributed by atoms with E-state index in [4.69, 9.17) is 4.74 Å². The molecule has 0 spiro atoms. The van der Waals surface area contributed by atoms with Crippen LogP contribution in [0.3, 0.4) is 0 Å². The number of carboxylic acid groups (broad SMARTS) is 1. The maximum absolute atomic E-state index is 11.7. The summed E-state index contributed by atoms with van der Waals surface area (Å²) in [4.78, 5) is 23.1. The van der Waals surface area contributed by atoms with Crippen molar-refractivity contribution in [1.82, 2.24) is 5.32 Å². The van der Waals surface area contributed by atoms with E-state index >= 15 is 0 Å². The van der Waals surface area contributed by atoms with Crippen LogP contribution < -0.4 is 5.32 Å². The highest BCUT2D eigenvalue weighted by Crippen LogP contribution is 2.30. The van der Waals surface area contributed by atoms with Crippen molar-refractivity contribution in [3.8, 4) is 0 Å². The van der Waals surface area contributed by atoms with E-state index in [1.54, 1.807) is 6.92 Å². The Hall–Kier alpha value is -1.36. The molecule has 0 atom stereocenters. The third-order valence-corrected chi connectivity index (χ3v) is 3.36. The zero-order valence-electron chi connectivity index (χ0n) is 11.0. The van der Waals surface area contributed by atoms with Gasteiger partial charge in [-0.2, -0.15) is 0 Å². The molecule has 1 aliphatic rings. The first-order chi connectivity index (χ1) is 8.52. The fraction of sp³-hybridized carbons (Fsp3) is 0.692. The maximum Gasteiger partial charge on any atom is 0.311 e. The molecular formula is C13H21NO4. The average Bonchev–Trinajstić information content (AvgIpc) is 2.37. The van der Waals surface area contributed by atoms with Crippen LogP contribution in [0, 0.1) is 5.41 Å². The van der Waals surface area contributed by atoms with Crippen molar-refractivity contribution in [3.63, 3.8) is 0 Å². The van der Waals surface area contributed by atoms with Crippen molar-refractivity contribution in [2.45, 2.75) is 33.1 Å². The molecule has 1 fully saturated rings. The van der Waals surface area contributed by atoms with Gasteiger partial charge < -0.3 is 15.2 Å². The largest absolute Gasteiger partial charge is 0.481 e. The van der Waals surface area contributed by atoms with E-state index in [1.165, 1.54) is 0 Å². The van der Waals surface area contributed by atoms with Crippen molar-refractivity contribution in [2.24, 2.45) is 5.41 Å². The Kier molecular flexibility index (Phi) is 5.34. The van der Waals surface area contributed by atoms with Crippen molar-refractivity contribution >= 4 is 11.9 Å². The molecule has 0 aromatic carbocycles. The van der Waals surface area contributed by atoms with Crippen LogP contribution in [0.4, 0.5) is 0 Å². The highest BCUT2D eigenvalue weighted by atomic mass is 16.5. The minimum Gasteiger partial charge on any atom is -0.481 e. The summed E-state index contributed by atoms with van der Waals surface area (Å²) in [5.74, 6) is -1.05. The van der Waals surface area contributed by atoms with Crippen LogP contribution in [-0.4, -0.2) is 36.7 Å². The molecule has 0 aromatic rings. The third-order valence-electron chi connectivity index (χ3n) is 3.36. The van der Waals surface area contributed by atoms with Crippen molar-refractivity contribution in [1.29, 1.82) is 0 Å². The molecule has 18 heavy (non-hydrogen) atoms. The molecule has 0 saturated carbocycles. The van der Waals surface area contributed by atoms with Gasteiger partial charge in [-0.15, -0.1) is 0 Å². The molecule has 1 aliphatic heterocycles. The predicted octanol–water partition coefficient (Wildman–Crippen LogP) is 1.34. The van der Waals surface area contributed by atoms with Gasteiger partial charge in [-0.25, -0.2) is 0 Å². The minimum absolute atomic E-state index is 0.166. The first kappa shape index (κ1) is 14.7. The van der Waals surface area contributed by atoms with Gasteiger partial charge in [-0.05, 0) is 26.2 Å². The third kappa shape index (κ3) is 3.57. The monoisotopic (exact) mass is 255 g/mol.